The van der Waals surface area contributed by atoms with Gasteiger partial charge >= 0.3 is 0 Å². The molecule has 0 saturated carbocycles. The van der Waals surface area contributed by atoms with E-state index in [0.29, 0.717) is 11.3 Å². The second-order valence-corrected chi connectivity index (χ2v) is 7.86. The summed E-state index contributed by atoms with van der Waals surface area (Å²) in [5.41, 5.74) is 2.90. The zero-order chi connectivity index (χ0) is 19.3. The number of aryl methyl sites for hydroxylation is 1. The molecule has 140 valence electrons. The van der Waals surface area contributed by atoms with E-state index in [0.717, 1.165) is 29.6 Å². The van der Waals surface area contributed by atoms with Crippen LogP contribution in [0.5, 0.6) is 5.75 Å². The Labute approximate surface area is 154 Å². The minimum Gasteiger partial charge on any atom is -0.496 e. The lowest BCUT2D eigenvalue weighted by Gasteiger charge is -2.19. The summed E-state index contributed by atoms with van der Waals surface area (Å²) in [6, 6.07) is 12.0. The molecule has 1 unspecified atom stereocenters. The SMILES string of the molecule is CCC(NC(=O)c1ccc(NS(C)(=O)=O)cc1)c1ccc(OC)c(C)c1. The van der Waals surface area contributed by atoms with Crippen LogP contribution in [0.15, 0.2) is 42.5 Å². The summed E-state index contributed by atoms with van der Waals surface area (Å²) < 4.78 is 30.1. The van der Waals surface area contributed by atoms with Gasteiger partial charge in [0.25, 0.3) is 5.91 Å². The number of hydrogen-bond donors (Lipinski definition) is 2. The normalized spacial score (nSPS) is 12.3. The molecule has 0 aromatic heterocycles. The fourth-order valence-electron chi connectivity index (χ4n) is 2.68. The molecule has 2 N–H and O–H groups in total. The van der Waals surface area contributed by atoms with Crippen LogP contribution in [-0.4, -0.2) is 27.7 Å². The van der Waals surface area contributed by atoms with E-state index >= 15 is 0 Å². The van der Waals surface area contributed by atoms with Crippen LogP contribution in [0.3, 0.4) is 0 Å². The number of carbonyl (C=O) groups is 1. The van der Waals surface area contributed by atoms with Crippen LogP contribution in [0.25, 0.3) is 0 Å². The molecule has 0 aliphatic heterocycles. The van der Waals surface area contributed by atoms with E-state index in [-0.39, 0.29) is 11.9 Å². The van der Waals surface area contributed by atoms with Gasteiger partial charge in [0.1, 0.15) is 5.75 Å². The highest BCUT2D eigenvalue weighted by Gasteiger charge is 2.15. The van der Waals surface area contributed by atoms with Crippen molar-refractivity contribution >= 4 is 21.6 Å². The Morgan fingerprint density at radius 2 is 1.81 bits per heavy atom. The number of methoxy groups -OCH3 is 1. The maximum atomic E-state index is 12.5. The molecule has 0 aliphatic rings. The number of hydrogen-bond acceptors (Lipinski definition) is 4. The van der Waals surface area contributed by atoms with Gasteiger partial charge in [0.05, 0.1) is 19.4 Å². The molecule has 2 aromatic rings. The summed E-state index contributed by atoms with van der Waals surface area (Å²) in [6.45, 7) is 3.97. The monoisotopic (exact) mass is 376 g/mol. The van der Waals surface area contributed by atoms with Crippen molar-refractivity contribution in [2.24, 2.45) is 0 Å². The van der Waals surface area contributed by atoms with Crippen molar-refractivity contribution in [2.75, 3.05) is 18.1 Å². The van der Waals surface area contributed by atoms with Crippen molar-refractivity contribution in [3.8, 4) is 5.75 Å². The van der Waals surface area contributed by atoms with Crippen molar-refractivity contribution < 1.29 is 17.9 Å². The van der Waals surface area contributed by atoms with Gasteiger partial charge in [-0.2, -0.15) is 0 Å². The largest absolute Gasteiger partial charge is 0.496 e. The highest BCUT2D eigenvalue weighted by Crippen LogP contribution is 2.24. The van der Waals surface area contributed by atoms with Gasteiger partial charge in [-0.15, -0.1) is 0 Å². The molecule has 0 radical (unpaired) electrons. The smallest absolute Gasteiger partial charge is 0.251 e. The van der Waals surface area contributed by atoms with E-state index in [1.54, 1.807) is 31.4 Å². The van der Waals surface area contributed by atoms with E-state index in [4.69, 9.17) is 4.74 Å². The first-order valence-electron chi connectivity index (χ1n) is 8.26. The van der Waals surface area contributed by atoms with E-state index in [1.807, 2.05) is 32.0 Å². The number of benzene rings is 2. The number of anilines is 1. The van der Waals surface area contributed by atoms with E-state index in [2.05, 4.69) is 10.0 Å². The van der Waals surface area contributed by atoms with Gasteiger partial charge in [0, 0.05) is 11.3 Å². The van der Waals surface area contributed by atoms with Crippen LogP contribution in [0.4, 0.5) is 5.69 Å². The first-order valence-corrected chi connectivity index (χ1v) is 10.2. The van der Waals surface area contributed by atoms with Crippen LogP contribution < -0.4 is 14.8 Å². The molecular weight excluding hydrogens is 352 g/mol. The number of nitrogens with one attached hydrogen (secondary N) is 2. The van der Waals surface area contributed by atoms with Crippen LogP contribution in [-0.2, 0) is 10.0 Å². The van der Waals surface area contributed by atoms with Gasteiger partial charge in [-0.25, -0.2) is 8.42 Å². The summed E-state index contributed by atoms with van der Waals surface area (Å²) >= 11 is 0. The summed E-state index contributed by atoms with van der Waals surface area (Å²) in [5.74, 6) is 0.597. The van der Waals surface area contributed by atoms with E-state index in [9.17, 15) is 13.2 Å². The van der Waals surface area contributed by atoms with E-state index in [1.165, 1.54) is 0 Å². The van der Waals surface area contributed by atoms with Crippen molar-refractivity contribution in [2.45, 2.75) is 26.3 Å². The molecule has 0 bridgehead atoms. The van der Waals surface area contributed by atoms with Crippen LogP contribution in [0, 0.1) is 6.92 Å². The van der Waals surface area contributed by atoms with Gasteiger partial charge in [0.2, 0.25) is 10.0 Å². The van der Waals surface area contributed by atoms with Crippen molar-refractivity contribution in [1.82, 2.24) is 5.32 Å². The molecule has 0 fully saturated rings. The molecule has 26 heavy (non-hydrogen) atoms. The second-order valence-electron chi connectivity index (χ2n) is 6.11. The molecule has 0 spiro atoms. The Hall–Kier alpha value is -2.54. The van der Waals surface area contributed by atoms with Gasteiger partial charge in [0.15, 0.2) is 0 Å². The number of rotatable bonds is 7. The summed E-state index contributed by atoms with van der Waals surface area (Å²) in [7, 11) is -1.71. The van der Waals surface area contributed by atoms with Crippen LogP contribution in [0.1, 0.15) is 40.9 Å². The Morgan fingerprint density at radius 1 is 1.15 bits per heavy atom. The van der Waals surface area contributed by atoms with Gasteiger partial charge in [-0.05, 0) is 54.8 Å². The van der Waals surface area contributed by atoms with Gasteiger partial charge in [-0.1, -0.05) is 19.1 Å². The van der Waals surface area contributed by atoms with Crippen LogP contribution in [0.2, 0.25) is 0 Å². The number of sulfonamides is 1. The average Bonchev–Trinajstić information content (AvgIpc) is 2.58. The fraction of sp³-hybridized carbons (Fsp3) is 0.316. The first-order chi connectivity index (χ1) is 12.2. The molecular formula is C19H24N2O4S. The fourth-order valence-corrected chi connectivity index (χ4v) is 3.25. The molecule has 7 heteroatoms. The lowest BCUT2D eigenvalue weighted by atomic mass is 10.0. The topological polar surface area (TPSA) is 84.5 Å². The second kappa shape index (κ2) is 8.23. The minimum atomic E-state index is -3.34. The predicted octanol–water partition coefficient (Wildman–Crippen LogP) is 3.26. The standard InChI is InChI=1S/C19H24N2O4S/c1-5-17(15-8-11-18(25-3)13(2)12-15)20-19(22)14-6-9-16(10-7-14)21-26(4,23)24/h6-12,17,21H,5H2,1-4H3,(H,20,22). The average molecular weight is 376 g/mol. The zero-order valence-corrected chi connectivity index (χ0v) is 16.2. The number of ether oxygens (including phenoxy) is 1. The lowest BCUT2D eigenvalue weighted by molar-refractivity contribution is 0.0935. The Bertz CT molecular complexity index is 877. The Kier molecular flexibility index (Phi) is 6.26. The molecule has 1 amide bonds. The minimum absolute atomic E-state index is 0.124. The quantitative estimate of drug-likeness (QED) is 0.777. The maximum Gasteiger partial charge on any atom is 0.251 e. The maximum absolute atomic E-state index is 12.5. The summed E-state index contributed by atoms with van der Waals surface area (Å²) in [6.07, 6.45) is 1.82. The molecule has 0 aliphatic carbocycles. The van der Waals surface area contributed by atoms with E-state index < -0.39 is 10.0 Å². The van der Waals surface area contributed by atoms with Crippen LogP contribution >= 0.6 is 0 Å². The van der Waals surface area contributed by atoms with Gasteiger partial charge < -0.3 is 10.1 Å². The molecule has 0 heterocycles. The first kappa shape index (κ1) is 19.8. The highest BCUT2D eigenvalue weighted by atomic mass is 32.2. The molecule has 2 rings (SSSR count). The highest BCUT2D eigenvalue weighted by molar-refractivity contribution is 7.92. The van der Waals surface area contributed by atoms with Crippen molar-refractivity contribution in [3.05, 3.63) is 59.2 Å². The Balaban J connectivity index is 2.12. The Morgan fingerprint density at radius 3 is 2.31 bits per heavy atom. The summed E-state index contributed by atoms with van der Waals surface area (Å²) in [4.78, 5) is 12.5. The molecule has 2 aromatic carbocycles. The number of carbonyl (C=O) groups excluding carboxylic acids is 1. The van der Waals surface area contributed by atoms with Crippen molar-refractivity contribution in [1.29, 1.82) is 0 Å². The third kappa shape index (κ3) is 5.23. The zero-order valence-electron chi connectivity index (χ0n) is 15.4. The molecule has 0 saturated heterocycles. The number of amides is 1. The summed E-state index contributed by atoms with van der Waals surface area (Å²) in [5, 5.41) is 3.01. The predicted molar refractivity (Wildman–Crippen MR) is 103 cm³/mol. The van der Waals surface area contributed by atoms with Gasteiger partial charge in [-0.3, -0.25) is 9.52 Å². The molecule has 1 atom stereocenters. The third-order valence-corrected chi connectivity index (χ3v) is 4.59. The lowest BCUT2D eigenvalue weighted by Crippen LogP contribution is -2.28. The van der Waals surface area contributed by atoms with Crippen molar-refractivity contribution in [3.63, 3.8) is 0 Å². The third-order valence-electron chi connectivity index (χ3n) is 3.99. The molecule has 6 nitrogen and oxygen atoms in total.